The lowest BCUT2D eigenvalue weighted by Crippen LogP contribution is -2.12. The molecule has 2 aromatic rings. The summed E-state index contributed by atoms with van der Waals surface area (Å²) in [5, 5.41) is 0. The SMILES string of the molecule is COCCc1ccc(C(N)c2ccccc2Br)cc1. The Labute approximate surface area is 122 Å². The van der Waals surface area contributed by atoms with E-state index in [0.717, 1.165) is 28.6 Å². The number of benzene rings is 2. The van der Waals surface area contributed by atoms with Crippen molar-refractivity contribution in [3.8, 4) is 0 Å². The first kappa shape index (κ1) is 14.3. The molecular weight excluding hydrogens is 302 g/mol. The van der Waals surface area contributed by atoms with Crippen molar-refractivity contribution in [2.45, 2.75) is 12.5 Å². The van der Waals surface area contributed by atoms with Gasteiger partial charge in [-0.05, 0) is 29.2 Å². The number of hydrogen-bond donors (Lipinski definition) is 1. The zero-order valence-electron chi connectivity index (χ0n) is 11.0. The largest absolute Gasteiger partial charge is 0.384 e. The molecule has 3 heteroatoms. The summed E-state index contributed by atoms with van der Waals surface area (Å²) in [6.07, 6.45) is 0.932. The highest BCUT2D eigenvalue weighted by atomic mass is 79.9. The van der Waals surface area contributed by atoms with Crippen molar-refractivity contribution < 1.29 is 4.74 Å². The first-order valence-corrected chi connectivity index (χ1v) is 7.09. The van der Waals surface area contributed by atoms with Crippen LogP contribution in [-0.4, -0.2) is 13.7 Å². The lowest BCUT2D eigenvalue weighted by Gasteiger charge is -2.14. The van der Waals surface area contributed by atoms with Gasteiger partial charge in [0.05, 0.1) is 12.6 Å². The van der Waals surface area contributed by atoms with Gasteiger partial charge in [0.15, 0.2) is 0 Å². The zero-order chi connectivity index (χ0) is 13.7. The van der Waals surface area contributed by atoms with E-state index in [-0.39, 0.29) is 6.04 Å². The maximum atomic E-state index is 6.31. The lowest BCUT2D eigenvalue weighted by molar-refractivity contribution is 0.202. The predicted octanol–water partition coefficient (Wildman–Crippen LogP) is 3.69. The Bertz CT molecular complexity index is 525. The van der Waals surface area contributed by atoms with Crippen LogP contribution in [0.1, 0.15) is 22.7 Å². The average molecular weight is 320 g/mol. The number of nitrogens with two attached hydrogens (primary N) is 1. The van der Waals surface area contributed by atoms with Crippen LogP contribution in [0.2, 0.25) is 0 Å². The minimum Gasteiger partial charge on any atom is -0.384 e. The summed E-state index contributed by atoms with van der Waals surface area (Å²) in [7, 11) is 1.72. The van der Waals surface area contributed by atoms with Gasteiger partial charge in [-0.3, -0.25) is 0 Å². The standard InChI is InChI=1S/C16H18BrNO/c1-19-11-10-12-6-8-13(9-7-12)16(18)14-4-2-3-5-15(14)17/h2-9,16H,10-11,18H2,1H3. The molecule has 2 rings (SSSR count). The second kappa shape index (κ2) is 6.85. The molecule has 0 radical (unpaired) electrons. The first-order chi connectivity index (χ1) is 9.22. The number of halogens is 1. The van der Waals surface area contributed by atoms with Gasteiger partial charge in [0.2, 0.25) is 0 Å². The van der Waals surface area contributed by atoms with E-state index in [9.17, 15) is 0 Å². The van der Waals surface area contributed by atoms with Gasteiger partial charge in [-0.2, -0.15) is 0 Å². The molecule has 0 aliphatic rings. The predicted molar refractivity (Wildman–Crippen MR) is 82.2 cm³/mol. The average Bonchev–Trinajstić information content (AvgIpc) is 2.45. The Kier molecular flexibility index (Phi) is 5.14. The molecule has 0 saturated heterocycles. The van der Waals surface area contributed by atoms with Crippen LogP contribution in [0.3, 0.4) is 0 Å². The second-order valence-corrected chi connectivity index (χ2v) is 5.34. The van der Waals surface area contributed by atoms with Crippen LogP contribution >= 0.6 is 15.9 Å². The smallest absolute Gasteiger partial charge is 0.0562 e. The van der Waals surface area contributed by atoms with Crippen molar-refractivity contribution in [2.24, 2.45) is 5.73 Å². The molecule has 0 aromatic heterocycles. The summed E-state index contributed by atoms with van der Waals surface area (Å²) < 4.78 is 6.12. The van der Waals surface area contributed by atoms with E-state index in [1.165, 1.54) is 5.56 Å². The van der Waals surface area contributed by atoms with Crippen molar-refractivity contribution in [2.75, 3.05) is 13.7 Å². The van der Waals surface area contributed by atoms with Crippen LogP contribution in [0, 0.1) is 0 Å². The van der Waals surface area contributed by atoms with Crippen LogP contribution in [0.25, 0.3) is 0 Å². The molecule has 0 aliphatic heterocycles. The molecule has 1 atom stereocenters. The Hall–Kier alpha value is -1.16. The summed E-state index contributed by atoms with van der Waals surface area (Å²) in [5.74, 6) is 0. The van der Waals surface area contributed by atoms with Gasteiger partial charge in [0, 0.05) is 11.6 Å². The van der Waals surface area contributed by atoms with Gasteiger partial charge >= 0.3 is 0 Å². The van der Waals surface area contributed by atoms with Gasteiger partial charge in [-0.25, -0.2) is 0 Å². The third-order valence-corrected chi connectivity index (χ3v) is 3.90. The fourth-order valence-corrected chi connectivity index (χ4v) is 2.55. The summed E-state index contributed by atoms with van der Waals surface area (Å²) >= 11 is 3.55. The number of methoxy groups -OCH3 is 1. The summed E-state index contributed by atoms with van der Waals surface area (Å²) in [5.41, 5.74) is 9.80. The molecule has 0 aliphatic carbocycles. The third kappa shape index (κ3) is 3.66. The van der Waals surface area contributed by atoms with Crippen molar-refractivity contribution in [1.29, 1.82) is 0 Å². The van der Waals surface area contributed by atoms with Crippen LogP contribution in [-0.2, 0) is 11.2 Å². The maximum Gasteiger partial charge on any atom is 0.0562 e. The van der Waals surface area contributed by atoms with Crippen LogP contribution in [0.5, 0.6) is 0 Å². The second-order valence-electron chi connectivity index (χ2n) is 4.48. The molecule has 100 valence electrons. The summed E-state index contributed by atoms with van der Waals surface area (Å²) in [6.45, 7) is 0.746. The van der Waals surface area contributed by atoms with E-state index in [4.69, 9.17) is 10.5 Å². The van der Waals surface area contributed by atoms with Gasteiger partial charge in [-0.1, -0.05) is 58.4 Å². The summed E-state index contributed by atoms with van der Waals surface area (Å²) in [6, 6.07) is 16.4. The lowest BCUT2D eigenvalue weighted by atomic mass is 9.98. The molecule has 0 bridgehead atoms. The van der Waals surface area contributed by atoms with Gasteiger partial charge in [-0.15, -0.1) is 0 Å². The van der Waals surface area contributed by atoms with Gasteiger partial charge < -0.3 is 10.5 Å². The monoisotopic (exact) mass is 319 g/mol. The third-order valence-electron chi connectivity index (χ3n) is 3.17. The van der Waals surface area contributed by atoms with Crippen molar-refractivity contribution in [3.63, 3.8) is 0 Å². The van der Waals surface area contributed by atoms with E-state index < -0.39 is 0 Å². The molecule has 0 spiro atoms. The Balaban J connectivity index is 2.16. The van der Waals surface area contributed by atoms with Crippen molar-refractivity contribution in [3.05, 3.63) is 69.7 Å². The fourth-order valence-electron chi connectivity index (χ4n) is 2.02. The molecule has 2 N–H and O–H groups in total. The molecule has 2 nitrogen and oxygen atoms in total. The quantitative estimate of drug-likeness (QED) is 0.912. The van der Waals surface area contributed by atoms with E-state index in [1.807, 2.05) is 24.3 Å². The number of rotatable bonds is 5. The molecule has 0 saturated carbocycles. The summed E-state index contributed by atoms with van der Waals surface area (Å²) in [4.78, 5) is 0. The van der Waals surface area contributed by atoms with E-state index in [1.54, 1.807) is 7.11 Å². The highest BCUT2D eigenvalue weighted by Gasteiger charge is 2.11. The Morgan fingerprint density at radius 1 is 1.11 bits per heavy atom. The molecule has 1 unspecified atom stereocenters. The highest BCUT2D eigenvalue weighted by Crippen LogP contribution is 2.26. The molecule has 0 fully saturated rings. The van der Waals surface area contributed by atoms with Gasteiger partial charge in [0.1, 0.15) is 0 Å². The van der Waals surface area contributed by atoms with Gasteiger partial charge in [0.25, 0.3) is 0 Å². The van der Waals surface area contributed by atoms with Crippen molar-refractivity contribution in [1.82, 2.24) is 0 Å². The zero-order valence-corrected chi connectivity index (χ0v) is 12.6. The first-order valence-electron chi connectivity index (χ1n) is 6.30. The Morgan fingerprint density at radius 3 is 2.42 bits per heavy atom. The highest BCUT2D eigenvalue weighted by molar-refractivity contribution is 9.10. The molecule has 0 amide bonds. The molecule has 0 heterocycles. The molecule has 19 heavy (non-hydrogen) atoms. The van der Waals surface area contributed by atoms with E-state index in [2.05, 4.69) is 40.2 Å². The Morgan fingerprint density at radius 2 is 1.79 bits per heavy atom. The van der Waals surface area contributed by atoms with E-state index in [0.29, 0.717) is 0 Å². The molecule has 2 aromatic carbocycles. The fraction of sp³-hybridized carbons (Fsp3) is 0.250. The van der Waals surface area contributed by atoms with Crippen LogP contribution in [0.4, 0.5) is 0 Å². The van der Waals surface area contributed by atoms with Crippen LogP contribution < -0.4 is 5.73 Å². The number of hydrogen-bond acceptors (Lipinski definition) is 2. The number of ether oxygens (including phenoxy) is 1. The van der Waals surface area contributed by atoms with Crippen molar-refractivity contribution >= 4 is 15.9 Å². The minimum atomic E-state index is -0.105. The molecular formula is C16H18BrNO. The van der Waals surface area contributed by atoms with Crippen LogP contribution in [0.15, 0.2) is 53.0 Å². The normalized spacial score (nSPS) is 12.4. The topological polar surface area (TPSA) is 35.2 Å². The van der Waals surface area contributed by atoms with E-state index >= 15 is 0 Å². The minimum absolute atomic E-state index is 0.105. The maximum absolute atomic E-state index is 6.31.